The van der Waals surface area contributed by atoms with E-state index in [2.05, 4.69) is 5.92 Å². The van der Waals surface area contributed by atoms with Crippen LogP contribution in [-0.4, -0.2) is 57.6 Å². The quantitative estimate of drug-likeness (QED) is 0.340. The minimum atomic E-state index is -1.38. The lowest BCUT2D eigenvalue weighted by atomic mass is 9.96. The van der Waals surface area contributed by atoms with Gasteiger partial charge < -0.3 is 25.2 Å². The minimum Gasteiger partial charge on any atom is -0.394 e. The van der Waals surface area contributed by atoms with E-state index >= 15 is 0 Å². The molecule has 0 saturated carbocycles. The van der Waals surface area contributed by atoms with Gasteiger partial charge in [0.1, 0.15) is 30.5 Å². The highest BCUT2D eigenvalue weighted by atomic mass is 16.5. The average molecular weight is 188 g/mol. The maximum absolute atomic E-state index is 9.26. The second kappa shape index (κ2) is 4.05. The summed E-state index contributed by atoms with van der Waals surface area (Å²) in [7, 11) is 0. The standard InChI is InChI=1S/C8H12O5/c1-2-4-6(10)8(12)7(11)5(3-9)13-4/h1,4-12H,3H2/t4-,5+,6-,7+,8+/m0/s1. The second-order valence-corrected chi connectivity index (χ2v) is 2.92. The minimum absolute atomic E-state index is 0.455. The van der Waals surface area contributed by atoms with E-state index in [1.54, 1.807) is 0 Å². The first-order chi connectivity index (χ1) is 6.11. The molecule has 1 saturated heterocycles. The molecular formula is C8H12O5. The average Bonchev–Trinajstić information content (AvgIpc) is 2.15. The first kappa shape index (κ1) is 10.4. The van der Waals surface area contributed by atoms with Crippen LogP contribution in [0.5, 0.6) is 0 Å². The molecule has 5 atom stereocenters. The van der Waals surface area contributed by atoms with Gasteiger partial charge in [0.15, 0.2) is 0 Å². The van der Waals surface area contributed by atoms with Crippen LogP contribution in [0.15, 0.2) is 0 Å². The Morgan fingerprint density at radius 3 is 2.23 bits per heavy atom. The maximum Gasteiger partial charge on any atom is 0.146 e. The van der Waals surface area contributed by atoms with Crippen molar-refractivity contribution in [1.29, 1.82) is 0 Å². The van der Waals surface area contributed by atoms with E-state index in [-0.39, 0.29) is 0 Å². The number of terminal acetylenes is 1. The van der Waals surface area contributed by atoms with Gasteiger partial charge in [-0.1, -0.05) is 5.92 Å². The van der Waals surface area contributed by atoms with Crippen LogP contribution in [0.3, 0.4) is 0 Å². The Labute approximate surface area is 75.6 Å². The molecule has 0 spiro atoms. The summed E-state index contributed by atoms with van der Waals surface area (Å²) in [4.78, 5) is 0. The number of aliphatic hydroxyl groups is 4. The van der Waals surface area contributed by atoms with E-state index in [1.807, 2.05) is 0 Å². The van der Waals surface area contributed by atoms with Crippen LogP contribution in [0.2, 0.25) is 0 Å². The summed E-state index contributed by atoms with van der Waals surface area (Å²) in [5.41, 5.74) is 0. The highest BCUT2D eigenvalue weighted by Crippen LogP contribution is 2.20. The zero-order valence-corrected chi connectivity index (χ0v) is 6.87. The van der Waals surface area contributed by atoms with Crippen LogP contribution >= 0.6 is 0 Å². The predicted molar refractivity (Wildman–Crippen MR) is 42.6 cm³/mol. The Kier molecular flexibility index (Phi) is 3.25. The van der Waals surface area contributed by atoms with Crippen molar-refractivity contribution in [2.75, 3.05) is 6.61 Å². The largest absolute Gasteiger partial charge is 0.394 e. The van der Waals surface area contributed by atoms with Gasteiger partial charge in [-0.05, 0) is 0 Å². The van der Waals surface area contributed by atoms with Gasteiger partial charge in [-0.2, -0.15) is 0 Å². The zero-order valence-electron chi connectivity index (χ0n) is 6.87. The third kappa shape index (κ3) is 1.82. The van der Waals surface area contributed by atoms with Crippen molar-refractivity contribution >= 4 is 0 Å². The monoisotopic (exact) mass is 188 g/mol. The molecule has 0 aromatic rings. The van der Waals surface area contributed by atoms with Crippen LogP contribution in [0.4, 0.5) is 0 Å². The van der Waals surface area contributed by atoms with E-state index in [0.717, 1.165) is 0 Å². The van der Waals surface area contributed by atoms with Crippen molar-refractivity contribution in [3.8, 4) is 12.3 Å². The molecule has 1 aliphatic rings. The molecule has 13 heavy (non-hydrogen) atoms. The number of hydrogen-bond acceptors (Lipinski definition) is 5. The molecule has 1 aliphatic heterocycles. The van der Waals surface area contributed by atoms with Crippen LogP contribution < -0.4 is 0 Å². The highest BCUT2D eigenvalue weighted by Gasteiger charge is 2.42. The Hall–Kier alpha value is -0.640. The molecule has 0 aromatic heterocycles. The smallest absolute Gasteiger partial charge is 0.146 e. The first-order valence-corrected chi connectivity index (χ1v) is 3.88. The molecule has 0 amide bonds. The lowest BCUT2D eigenvalue weighted by molar-refractivity contribution is -0.214. The summed E-state index contributed by atoms with van der Waals surface area (Å²) in [6.07, 6.45) is -0.941. The van der Waals surface area contributed by atoms with Crippen LogP contribution in [-0.2, 0) is 4.74 Å². The summed E-state index contributed by atoms with van der Waals surface area (Å²) in [5, 5.41) is 36.5. The topological polar surface area (TPSA) is 90.2 Å². The molecular weight excluding hydrogens is 176 g/mol. The number of aliphatic hydroxyl groups excluding tert-OH is 4. The molecule has 1 heterocycles. The van der Waals surface area contributed by atoms with Gasteiger partial charge in [-0.25, -0.2) is 0 Å². The Balaban J connectivity index is 2.73. The van der Waals surface area contributed by atoms with Gasteiger partial charge in [0.05, 0.1) is 6.61 Å². The maximum atomic E-state index is 9.26. The summed E-state index contributed by atoms with van der Waals surface area (Å²) < 4.78 is 4.93. The highest BCUT2D eigenvalue weighted by molar-refractivity contribution is 5.05. The lowest BCUT2D eigenvalue weighted by Crippen LogP contribution is -2.58. The van der Waals surface area contributed by atoms with Crippen LogP contribution in [0.1, 0.15) is 0 Å². The lowest BCUT2D eigenvalue weighted by Gasteiger charge is -2.37. The number of ether oxygens (including phenoxy) is 1. The Morgan fingerprint density at radius 2 is 1.77 bits per heavy atom. The van der Waals surface area contributed by atoms with E-state index in [0.29, 0.717) is 0 Å². The molecule has 1 fully saturated rings. The summed E-state index contributed by atoms with van der Waals surface area (Å²) in [6, 6.07) is 0. The summed E-state index contributed by atoms with van der Waals surface area (Å²) in [5.74, 6) is 2.11. The molecule has 0 aromatic carbocycles. The van der Waals surface area contributed by atoms with Crippen molar-refractivity contribution in [3.63, 3.8) is 0 Å². The third-order valence-corrected chi connectivity index (χ3v) is 2.06. The van der Waals surface area contributed by atoms with Crippen LogP contribution in [0, 0.1) is 12.3 Å². The predicted octanol–water partition coefficient (Wildman–Crippen LogP) is -2.54. The van der Waals surface area contributed by atoms with E-state index < -0.39 is 37.1 Å². The first-order valence-electron chi connectivity index (χ1n) is 3.88. The van der Waals surface area contributed by atoms with Crippen LogP contribution in [0.25, 0.3) is 0 Å². The fraction of sp³-hybridized carbons (Fsp3) is 0.750. The van der Waals surface area contributed by atoms with Crippen molar-refractivity contribution in [2.24, 2.45) is 0 Å². The van der Waals surface area contributed by atoms with Gasteiger partial charge >= 0.3 is 0 Å². The normalized spacial score (nSPS) is 45.6. The molecule has 0 bridgehead atoms. The van der Waals surface area contributed by atoms with Gasteiger partial charge in [0, 0.05) is 0 Å². The molecule has 5 heteroatoms. The zero-order chi connectivity index (χ0) is 10.0. The molecule has 0 aliphatic carbocycles. The summed E-state index contributed by atoms with van der Waals surface area (Å²) >= 11 is 0. The second-order valence-electron chi connectivity index (χ2n) is 2.92. The van der Waals surface area contributed by atoms with Crippen molar-refractivity contribution in [1.82, 2.24) is 0 Å². The van der Waals surface area contributed by atoms with Gasteiger partial charge in [0.2, 0.25) is 0 Å². The SMILES string of the molecule is C#C[C@@H]1O[C@H](CO)[C@@H](O)[C@H](O)[C@H]1O. The Bertz CT molecular complexity index is 209. The van der Waals surface area contributed by atoms with E-state index in [9.17, 15) is 15.3 Å². The third-order valence-electron chi connectivity index (χ3n) is 2.06. The van der Waals surface area contributed by atoms with Crippen molar-refractivity contribution < 1.29 is 25.2 Å². The van der Waals surface area contributed by atoms with Gasteiger partial charge in [-0.3, -0.25) is 0 Å². The fourth-order valence-electron chi connectivity index (χ4n) is 1.24. The van der Waals surface area contributed by atoms with Gasteiger partial charge in [0.25, 0.3) is 0 Å². The van der Waals surface area contributed by atoms with Crippen molar-refractivity contribution in [2.45, 2.75) is 30.5 Å². The molecule has 74 valence electrons. The molecule has 1 rings (SSSR count). The molecule has 4 N–H and O–H groups in total. The summed E-state index contributed by atoms with van der Waals surface area (Å²) in [6.45, 7) is -0.455. The number of hydrogen-bond donors (Lipinski definition) is 4. The van der Waals surface area contributed by atoms with E-state index in [4.69, 9.17) is 16.3 Å². The fourth-order valence-corrected chi connectivity index (χ4v) is 1.24. The molecule has 0 unspecified atom stereocenters. The number of rotatable bonds is 1. The Morgan fingerprint density at radius 1 is 1.15 bits per heavy atom. The van der Waals surface area contributed by atoms with Crippen molar-refractivity contribution in [3.05, 3.63) is 0 Å². The van der Waals surface area contributed by atoms with Gasteiger partial charge in [-0.15, -0.1) is 6.42 Å². The van der Waals surface area contributed by atoms with E-state index in [1.165, 1.54) is 0 Å². The molecule has 0 radical (unpaired) electrons. The molecule has 5 nitrogen and oxygen atoms in total.